The first kappa shape index (κ1) is 16.0. The van der Waals surface area contributed by atoms with E-state index < -0.39 is 0 Å². The maximum Gasteiger partial charge on any atom is 0.257 e. The number of benzene rings is 2. The lowest BCUT2D eigenvalue weighted by atomic mass is 10.1. The van der Waals surface area contributed by atoms with Gasteiger partial charge in [0.05, 0.1) is 10.6 Å². The Morgan fingerprint density at radius 3 is 2.50 bits per heavy atom. The topological polar surface area (TPSA) is 29.1 Å². The average molecular weight is 512 g/mol. The SMILES string of the molecule is CCc1cc(I)ccc1NC(=O)c1cc(I)ccc1Cl. The number of nitrogens with one attached hydrogen (secondary N) is 1. The molecule has 0 aliphatic rings. The molecule has 2 aromatic rings. The summed E-state index contributed by atoms with van der Waals surface area (Å²) in [6, 6.07) is 11.4. The molecule has 0 aliphatic heterocycles. The first-order valence-electron chi connectivity index (χ1n) is 6.06. The Hall–Kier alpha value is -0.340. The molecule has 2 nitrogen and oxygen atoms in total. The van der Waals surface area contributed by atoms with Crippen LogP contribution in [-0.2, 0) is 6.42 Å². The van der Waals surface area contributed by atoms with Crippen LogP contribution >= 0.6 is 56.8 Å². The number of carbonyl (C=O) groups is 1. The Kier molecular flexibility index (Phi) is 5.68. The molecule has 104 valence electrons. The first-order valence-corrected chi connectivity index (χ1v) is 8.59. The van der Waals surface area contributed by atoms with Crippen LogP contribution < -0.4 is 5.32 Å². The van der Waals surface area contributed by atoms with Crippen LogP contribution in [0.25, 0.3) is 0 Å². The highest BCUT2D eigenvalue weighted by atomic mass is 127. The molecule has 0 aliphatic carbocycles. The summed E-state index contributed by atoms with van der Waals surface area (Å²) in [4.78, 5) is 12.3. The van der Waals surface area contributed by atoms with Crippen molar-refractivity contribution < 1.29 is 4.79 Å². The number of amides is 1. The van der Waals surface area contributed by atoms with Gasteiger partial charge in [0, 0.05) is 12.8 Å². The molecule has 5 heteroatoms. The van der Waals surface area contributed by atoms with Crippen LogP contribution in [0.15, 0.2) is 36.4 Å². The highest BCUT2D eigenvalue weighted by molar-refractivity contribution is 14.1. The monoisotopic (exact) mass is 511 g/mol. The number of aryl methyl sites for hydroxylation is 1. The molecule has 2 aromatic carbocycles. The maximum absolute atomic E-state index is 12.3. The normalized spacial score (nSPS) is 10.4. The van der Waals surface area contributed by atoms with Gasteiger partial charge in [-0.25, -0.2) is 0 Å². The molecule has 0 spiro atoms. The number of hydrogen-bond donors (Lipinski definition) is 1. The van der Waals surface area contributed by atoms with E-state index in [9.17, 15) is 4.79 Å². The van der Waals surface area contributed by atoms with E-state index in [4.69, 9.17) is 11.6 Å². The second-order valence-electron chi connectivity index (χ2n) is 4.23. The van der Waals surface area contributed by atoms with Crippen LogP contribution in [-0.4, -0.2) is 5.91 Å². The van der Waals surface area contributed by atoms with Crippen molar-refractivity contribution in [1.29, 1.82) is 0 Å². The molecule has 0 atom stereocenters. The van der Waals surface area contributed by atoms with E-state index in [-0.39, 0.29) is 5.91 Å². The zero-order valence-corrected chi connectivity index (χ0v) is 15.8. The van der Waals surface area contributed by atoms with Crippen molar-refractivity contribution in [3.8, 4) is 0 Å². The summed E-state index contributed by atoms with van der Waals surface area (Å²) in [6.07, 6.45) is 0.868. The molecule has 2 rings (SSSR count). The van der Waals surface area contributed by atoms with Gasteiger partial charge in [-0.2, -0.15) is 0 Å². The fourth-order valence-corrected chi connectivity index (χ4v) is 3.09. The minimum absolute atomic E-state index is 0.176. The minimum Gasteiger partial charge on any atom is -0.322 e. The molecule has 1 amide bonds. The van der Waals surface area contributed by atoms with Gasteiger partial charge in [0.25, 0.3) is 5.91 Å². The van der Waals surface area contributed by atoms with Crippen molar-refractivity contribution in [1.82, 2.24) is 0 Å². The van der Waals surface area contributed by atoms with Gasteiger partial charge in [0.15, 0.2) is 0 Å². The van der Waals surface area contributed by atoms with Crippen molar-refractivity contribution in [3.05, 3.63) is 59.7 Å². The summed E-state index contributed by atoms with van der Waals surface area (Å²) >= 11 is 10.5. The molecule has 0 unspecified atom stereocenters. The Morgan fingerprint density at radius 1 is 1.15 bits per heavy atom. The fourth-order valence-electron chi connectivity index (χ4n) is 1.84. The number of rotatable bonds is 3. The van der Waals surface area contributed by atoms with Gasteiger partial charge in [-0.15, -0.1) is 0 Å². The van der Waals surface area contributed by atoms with Gasteiger partial charge in [0.1, 0.15) is 0 Å². The Morgan fingerprint density at radius 2 is 1.80 bits per heavy atom. The van der Waals surface area contributed by atoms with Crippen LogP contribution in [0.5, 0.6) is 0 Å². The molecule has 0 radical (unpaired) electrons. The van der Waals surface area contributed by atoms with Crippen molar-refractivity contribution in [2.45, 2.75) is 13.3 Å². The lowest BCUT2D eigenvalue weighted by Gasteiger charge is -2.11. The van der Waals surface area contributed by atoms with E-state index in [1.807, 2.05) is 18.2 Å². The molecule has 0 aromatic heterocycles. The van der Waals surface area contributed by atoms with Gasteiger partial charge in [-0.05, 0) is 93.6 Å². The molecular formula is C15H12ClI2NO. The molecule has 0 saturated carbocycles. The zero-order chi connectivity index (χ0) is 14.7. The molecule has 20 heavy (non-hydrogen) atoms. The van der Waals surface area contributed by atoms with E-state index in [1.165, 1.54) is 0 Å². The largest absolute Gasteiger partial charge is 0.322 e. The standard InChI is InChI=1S/C15H12ClI2NO/c1-2-9-7-10(17)4-6-14(9)19-15(20)12-8-11(18)3-5-13(12)16/h3-8H,2H2,1H3,(H,19,20). The van der Waals surface area contributed by atoms with Crippen LogP contribution in [0, 0.1) is 7.14 Å². The van der Waals surface area contributed by atoms with Crippen LogP contribution in [0.3, 0.4) is 0 Å². The average Bonchev–Trinajstić information content (AvgIpc) is 2.43. The molecule has 1 N–H and O–H groups in total. The molecular weight excluding hydrogens is 499 g/mol. The van der Waals surface area contributed by atoms with Gasteiger partial charge in [0.2, 0.25) is 0 Å². The highest BCUT2D eigenvalue weighted by Gasteiger charge is 2.12. The van der Waals surface area contributed by atoms with Crippen molar-refractivity contribution in [3.63, 3.8) is 0 Å². The quantitative estimate of drug-likeness (QED) is 0.552. The van der Waals surface area contributed by atoms with E-state index in [2.05, 4.69) is 63.5 Å². The molecule has 0 heterocycles. The predicted octanol–water partition coefficient (Wildman–Crippen LogP) is 5.36. The number of carbonyl (C=O) groups excluding carboxylic acids is 1. The third-order valence-corrected chi connectivity index (χ3v) is 4.54. The zero-order valence-electron chi connectivity index (χ0n) is 10.7. The van der Waals surface area contributed by atoms with Crippen LogP contribution in [0.2, 0.25) is 5.02 Å². The van der Waals surface area contributed by atoms with E-state index in [1.54, 1.807) is 12.1 Å². The Balaban J connectivity index is 2.30. The second kappa shape index (κ2) is 7.09. The maximum atomic E-state index is 12.3. The third kappa shape index (κ3) is 3.85. The van der Waals surface area contributed by atoms with E-state index >= 15 is 0 Å². The predicted molar refractivity (Wildman–Crippen MR) is 101 cm³/mol. The summed E-state index contributed by atoms with van der Waals surface area (Å²) in [5.74, 6) is -0.176. The number of anilines is 1. The number of halogens is 3. The van der Waals surface area contributed by atoms with Crippen molar-refractivity contribution >= 4 is 68.4 Å². The summed E-state index contributed by atoms with van der Waals surface area (Å²) < 4.78 is 2.14. The van der Waals surface area contributed by atoms with Gasteiger partial charge in [-0.3, -0.25) is 4.79 Å². The summed E-state index contributed by atoms with van der Waals surface area (Å²) in [6.45, 7) is 2.07. The van der Waals surface area contributed by atoms with Crippen molar-refractivity contribution in [2.24, 2.45) is 0 Å². The molecule has 0 bridgehead atoms. The summed E-state index contributed by atoms with van der Waals surface area (Å²) in [5, 5.41) is 3.41. The fraction of sp³-hybridized carbons (Fsp3) is 0.133. The van der Waals surface area contributed by atoms with Gasteiger partial charge >= 0.3 is 0 Å². The van der Waals surface area contributed by atoms with Crippen LogP contribution in [0.1, 0.15) is 22.8 Å². The third-order valence-electron chi connectivity index (χ3n) is 2.87. The lowest BCUT2D eigenvalue weighted by molar-refractivity contribution is 0.102. The molecule has 0 saturated heterocycles. The van der Waals surface area contributed by atoms with Crippen LogP contribution in [0.4, 0.5) is 5.69 Å². The second-order valence-corrected chi connectivity index (χ2v) is 7.13. The minimum atomic E-state index is -0.176. The van der Waals surface area contributed by atoms with E-state index in [0.29, 0.717) is 10.6 Å². The summed E-state index contributed by atoms with van der Waals surface area (Å²) in [7, 11) is 0. The van der Waals surface area contributed by atoms with Crippen molar-refractivity contribution in [2.75, 3.05) is 5.32 Å². The molecule has 0 fully saturated rings. The smallest absolute Gasteiger partial charge is 0.257 e. The Labute approximate surface area is 150 Å². The Bertz CT molecular complexity index is 658. The first-order chi connectivity index (χ1) is 9.51. The highest BCUT2D eigenvalue weighted by Crippen LogP contribution is 2.23. The van der Waals surface area contributed by atoms with E-state index in [0.717, 1.165) is 24.8 Å². The number of hydrogen-bond acceptors (Lipinski definition) is 1. The van der Waals surface area contributed by atoms with Gasteiger partial charge in [-0.1, -0.05) is 18.5 Å². The van der Waals surface area contributed by atoms with Gasteiger partial charge < -0.3 is 5.32 Å². The summed E-state index contributed by atoms with van der Waals surface area (Å²) in [5.41, 5.74) is 2.46. The lowest BCUT2D eigenvalue weighted by Crippen LogP contribution is -2.14.